The van der Waals surface area contributed by atoms with E-state index in [0.717, 1.165) is 58.6 Å². The average Bonchev–Trinajstić information content (AvgIpc) is 3.12. The number of carbonyl (C=O) groups is 1. The Balaban J connectivity index is 1.54. The Hall–Kier alpha value is -2.64. The summed E-state index contributed by atoms with van der Waals surface area (Å²) < 4.78 is 27.3. The average molecular weight is 426 g/mol. The zero-order valence-corrected chi connectivity index (χ0v) is 18.2. The third kappa shape index (κ3) is 3.87. The predicted molar refractivity (Wildman–Crippen MR) is 119 cm³/mol. The molecule has 0 radical (unpaired) electrons. The van der Waals surface area contributed by atoms with Crippen molar-refractivity contribution in [3.63, 3.8) is 0 Å². The lowest BCUT2D eigenvalue weighted by Gasteiger charge is -2.18. The van der Waals surface area contributed by atoms with Gasteiger partial charge in [0.15, 0.2) is 0 Å². The van der Waals surface area contributed by atoms with Gasteiger partial charge in [-0.25, -0.2) is 8.42 Å². The first-order chi connectivity index (χ1) is 14.4. The number of benzene rings is 2. The van der Waals surface area contributed by atoms with Gasteiger partial charge in [0.1, 0.15) is 0 Å². The lowest BCUT2D eigenvalue weighted by atomic mass is 9.96. The predicted octanol–water partition coefficient (Wildman–Crippen LogP) is 3.87. The molecule has 1 aliphatic carbocycles. The summed E-state index contributed by atoms with van der Waals surface area (Å²) in [5, 5.41) is 3.80. The summed E-state index contributed by atoms with van der Waals surface area (Å²) in [6.45, 7) is 1.76. The second-order valence-electron chi connectivity index (χ2n) is 7.82. The SMILES string of the molecule is CCc1ccccc1NC(=O)CN(C)S(=O)(=O)c1ccc2[nH]c3c(c2c1)CCCC3. The summed E-state index contributed by atoms with van der Waals surface area (Å²) in [6.07, 6.45) is 5.03. The topological polar surface area (TPSA) is 82.3 Å². The Labute approximate surface area is 177 Å². The third-order valence-corrected chi connectivity index (χ3v) is 7.62. The summed E-state index contributed by atoms with van der Waals surface area (Å²) in [7, 11) is -2.34. The molecule has 0 fully saturated rings. The Bertz CT molecular complexity index is 1200. The molecule has 30 heavy (non-hydrogen) atoms. The molecule has 0 saturated heterocycles. The normalized spacial score (nSPS) is 14.1. The summed E-state index contributed by atoms with van der Waals surface area (Å²) in [5.41, 5.74) is 5.14. The molecule has 7 heteroatoms. The number of H-pyrrole nitrogens is 1. The van der Waals surface area contributed by atoms with E-state index in [1.54, 1.807) is 12.1 Å². The van der Waals surface area contributed by atoms with E-state index in [9.17, 15) is 13.2 Å². The van der Waals surface area contributed by atoms with Crippen LogP contribution >= 0.6 is 0 Å². The number of rotatable bonds is 6. The molecule has 1 aromatic heterocycles. The van der Waals surface area contributed by atoms with Gasteiger partial charge in [0.2, 0.25) is 15.9 Å². The summed E-state index contributed by atoms with van der Waals surface area (Å²) >= 11 is 0. The number of nitrogens with one attached hydrogen (secondary N) is 2. The van der Waals surface area contributed by atoms with Crippen LogP contribution in [0.5, 0.6) is 0 Å². The Kier molecular flexibility index (Phi) is 5.66. The van der Waals surface area contributed by atoms with E-state index in [2.05, 4.69) is 10.3 Å². The fraction of sp³-hybridized carbons (Fsp3) is 0.348. The molecule has 0 saturated carbocycles. The number of para-hydroxylation sites is 1. The largest absolute Gasteiger partial charge is 0.358 e. The van der Waals surface area contributed by atoms with E-state index in [1.807, 2.05) is 37.3 Å². The number of carbonyl (C=O) groups excluding carboxylic acids is 1. The maximum absolute atomic E-state index is 13.1. The van der Waals surface area contributed by atoms with Crippen LogP contribution in [0.2, 0.25) is 0 Å². The first-order valence-corrected chi connectivity index (χ1v) is 11.8. The van der Waals surface area contributed by atoms with Crippen LogP contribution in [0.15, 0.2) is 47.4 Å². The van der Waals surface area contributed by atoms with E-state index in [4.69, 9.17) is 0 Å². The molecule has 4 rings (SSSR count). The highest BCUT2D eigenvalue weighted by molar-refractivity contribution is 7.89. The molecule has 0 spiro atoms. The molecule has 1 heterocycles. The van der Waals surface area contributed by atoms with Gasteiger partial charge in [0.05, 0.1) is 11.4 Å². The molecule has 0 aliphatic heterocycles. The van der Waals surface area contributed by atoms with Crippen LogP contribution in [0.25, 0.3) is 10.9 Å². The second kappa shape index (κ2) is 8.24. The molecule has 0 bridgehead atoms. The highest BCUT2D eigenvalue weighted by Gasteiger charge is 2.25. The van der Waals surface area contributed by atoms with Gasteiger partial charge in [-0.1, -0.05) is 25.1 Å². The van der Waals surface area contributed by atoms with Crippen molar-refractivity contribution in [1.82, 2.24) is 9.29 Å². The Morgan fingerprint density at radius 3 is 2.70 bits per heavy atom. The number of nitrogens with zero attached hydrogens (tertiary/aromatic N) is 1. The Morgan fingerprint density at radius 1 is 1.13 bits per heavy atom. The van der Waals surface area contributed by atoms with E-state index in [-0.39, 0.29) is 17.3 Å². The first-order valence-electron chi connectivity index (χ1n) is 10.4. The molecular formula is C23H27N3O3S. The molecule has 158 valence electrons. The van der Waals surface area contributed by atoms with Crippen molar-refractivity contribution in [2.75, 3.05) is 18.9 Å². The van der Waals surface area contributed by atoms with Crippen LogP contribution in [-0.4, -0.2) is 37.2 Å². The van der Waals surface area contributed by atoms with Gasteiger partial charge < -0.3 is 10.3 Å². The third-order valence-electron chi connectivity index (χ3n) is 5.82. The monoisotopic (exact) mass is 425 g/mol. The highest BCUT2D eigenvalue weighted by atomic mass is 32.2. The van der Waals surface area contributed by atoms with Crippen molar-refractivity contribution in [3.05, 3.63) is 59.3 Å². The van der Waals surface area contributed by atoms with Gasteiger partial charge in [-0.15, -0.1) is 0 Å². The Morgan fingerprint density at radius 2 is 1.90 bits per heavy atom. The molecule has 2 aromatic carbocycles. The van der Waals surface area contributed by atoms with Crippen LogP contribution in [0, 0.1) is 0 Å². The fourth-order valence-corrected chi connectivity index (χ4v) is 5.31. The number of fused-ring (bicyclic) bond motifs is 3. The number of aromatic amines is 1. The smallest absolute Gasteiger partial charge is 0.243 e. The zero-order chi connectivity index (χ0) is 21.3. The van der Waals surface area contributed by atoms with Crippen LogP contribution in [-0.2, 0) is 34.1 Å². The summed E-state index contributed by atoms with van der Waals surface area (Å²) in [6, 6.07) is 12.7. The van der Waals surface area contributed by atoms with Crippen molar-refractivity contribution in [2.45, 2.75) is 43.9 Å². The molecule has 1 aliphatic rings. The lowest BCUT2D eigenvalue weighted by Crippen LogP contribution is -2.35. The number of sulfonamides is 1. The highest BCUT2D eigenvalue weighted by Crippen LogP contribution is 2.31. The zero-order valence-electron chi connectivity index (χ0n) is 17.4. The molecule has 0 atom stereocenters. The van der Waals surface area contributed by atoms with Crippen LogP contribution in [0.3, 0.4) is 0 Å². The number of aryl methyl sites for hydroxylation is 3. The lowest BCUT2D eigenvalue weighted by molar-refractivity contribution is -0.116. The van der Waals surface area contributed by atoms with Gasteiger partial charge in [-0.3, -0.25) is 4.79 Å². The first kappa shape index (κ1) is 20.6. The minimum absolute atomic E-state index is 0.214. The molecule has 3 aromatic rings. The van der Waals surface area contributed by atoms with Crippen molar-refractivity contribution >= 4 is 32.5 Å². The summed E-state index contributed by atoms with van der Waals surface area (Å²) in [5.74, 6) is -0.359. The van der Waals surface area contributed by atoms with E-state index >= 15 is 0 Å². The quantitative estimate of drug-likeness (QED) is 0.629. The number of likely N-dealkylation sites (N-methyl/N-ethyl adjacent to an activating group) is 1. The van der Waals surface area contributed by atoms with Gasteiger partial charge in [0.25, 0.3) is 0 Å². The number of amides is 1. The number of anilines is 1. The standard InChI is InChI=1S/C23H27N3O3S/c1-3-16-8-4-6-10-20(16)25-23(27)15-26(2)30(28,29)17-12-13-22-19(14-17)18-9-5-7-11-21(18)24-22/h4,6,8,10,12-14,24H,3,5,7,9,11,15H2,1-2H3,(H,25,27). The van der Waals surface area contributed by atoms with Gasteiger partial charge in [-0.05, 0) is 67.5 Å². The van der Waals surface area contributed by atoms with E-state index < -0.39 is 10.0 Å². The minimum atomic E-state index is -3.78. The molecule has 6 nitrogen and oxygen atoms in total. The van der Waals surface area contributed by atoms with Gasteiger partial charge >= 0.3 is 0 Å². The van der Waals surface area contributed by atoms with Crippen molar-refractivity contribution in [2.24, 2.45) is 0 Å². The fourth-order valence-electron chi connectivity index (χ4n) is 4.15. The van der Waals surface area contributed by atoms with E-state index in [0.29, 0.717) is 0 Å². The maximum Gasteiger partial charge on any atom is 0.243 e. The van der Waals surface area contributed by atoms with Crippen LogP contribution in [0.4, 0.5) is 5.69 Å². The molecule has 1 amide bonds. The number of hydrogen-bond acceptors (Lipinski definition) is 3. The van der Waals surface area contributed by atoms with Crippen LogP contribution < -0.4 is 5.32 Å². The van der Waals surface area contributed by atoms with Crippen LogP contribution in [0.1, 0.15) is 36.6 Å². The summed E-state index contributed by atoms with van der Waals surface area (Å²) in [4.78, 5) is 16.1. The minimum Gasteiger partial charge on any atom is -0.358 e. The maximum atomic E-state index is 13.1. The molecular weight excluding hydrogens is 398 g/mol. The molecule has 0 unspecified atom stereocenters. The van der Waals surface area contributed by atoms with Gasteiger partial charge in [0, 0.05) is 29.3 Å². The number of aromatic nitrogens is 1. The van der Waals surface area contributed by atoms with Crippen molar-refractivity contribution in [1.29, 1.82) is 0 Å². The second-order valence-corrected chi connectivity index (χ2v) is 9.86. The van der Waals surface area contributed by atoms with Crippen molar-refractivity contribution in [3.8, 4) is 0 Å². The van der Waals surface area contributed by atoms with E-state index in [1.165, 1.54) is 18.3 Å². The van der Waals surface area contributed by atoms with Gasteiger partial charge in [-0.2, -0.15) is 4.31 Å². The number of hydrogen-bond donors (Lipinski definition) is 2. The molecule has 2 N–H and O–H groups in total. The van der Waals surface area contributed by atoms with Crippen molar-refractivity contribution < 1.29 is 13.2 Å².